The average molecular weight is 314 g/mol. The van der Waals surface area contributed by atoms with E-state index in [4.69, 9.17) is 9.84 Å². The Balaban J connectivity index is 2.35. The van der Waals surface area contributed by atoms with Crippen molar-refractivity contribution in [3.8, 4) is 5.75 Å². The molecule has 0 fully saturated rings. The molecule has 3 N–H and O–H groups in total. The van der Waals surface area contributed by atoms with E-state index in [9.17, 15) is 18.0 Å². The summed E-state index contributed by atoms with van der Waals surface area (Å²) in [6.07, 6.45) is 0. The first-order valence-electron chi connectivity index (χ1n) is 5.96. The van der Waals surface area contributed by atoms with Crippen molar-refractivity contribution in [2.75, 3.05) is 11.9 Å². The Morgan fingerprint density at radius 3 is 2.71 bits per heavy atom. The SMILES string of the molecule is CC(C)(NS(=O)(=O)c1ccc2c(c1)NC(=O)CO2)C(=O)O. The first-order valence-corrected chi connectivity index (χ1v) is 7.44. The van der Waals surface area contributed by atoms with Gasteiger partial charge in [0.15, 0.2) is 6.61 Å². The number of sulfonamides is 1. The van der Waals surface area contributed by atoms with Crippen LogP contribution in [0.3, 0.4) is 0 Å². The maximum atomic E-state index is 12.2. The van der Waals surface area contributed by atoms with E-state index in [2.05, 4.69) is 10.0 Å². The summed E-state index contributed by atoms with van der Waals surface area (Å²) in [6, 6.07) is 3.89. The number of aliphatic carboxylic acids is 1. The number of hydrogen-bond donors (Lipinski definition) is 3. The molecule has 0 saturated carbocycles. The number of carbonyl (C=O) groups excluding carboxylic acids is 1. The van der Waals surface area contributed by atoms with E-state index in [1.165, 1.54) is 32.0 Å². The molecular formula is C12H14N2O6S. The smallest absolute Gasteiger partial charge is 0.324 e. The monoisotopic (exact) mass is 314 g/mol. The highest BCUT2D eigenvalue weighted by Gasteiger charge is 2.33. The maximum Gasteiger partial charge on any atom is 0.324 e. The van der Waals surface area contributed by atoms with Crippen LogP contribution in [0.4, 0.5) is 5.69 Å². The van der Waals surface area contributed by atoms with E-state index in [-0.39, 0.29) is 17.2 Å². The molecule has 2 rings (SSSR count). The molecule has 0 radical (unpaired) electrons. The van der Waals surface area contributed by atoms with Crippen LogP contribution in [0.5, 0.6) is 5.75 Å². The van der Waals surface area contributed by atoms with Crippen molar-refractivity contribution in [3.63, 3.8) is 0 Å². The molecule has 1 heterocycles. The highest BCUT2D eigenvalue weighted by molar-refractivity contribution is 7.89. The van der Waals surface area contributed by atoms with Gasteiger partial charge in [-0.05, 0) is 32.0 Å². The van der Waals surface area contributed by atoms with Gasteiger partial charge >= 0.3 is 5.97 Å². The van der Waals surface area contributed by atoms with Crippen LogP contribution in [0, 0.1) is 0 Å². The van der Waals surface area contributed by atoms with Crippen molar-refractivity contribution in [2.24, 2.45) is 0 Å². The zero-order valence-corrected chi connectivity index (χ0v) is 12.2. The molecule has 1 aliphatic heterocycles. The van der Waals surface area contributed by atoms with Crippen molar-refractivity contribution >= 4 is 27.6 Å². The van der Waals surface area contributed by atoms with Crippen molar-refractivity contribution < 1.29 is 27.9 Å². The van der Waals surface area contributed by atoms with Crippen molar-refractivity contribution in [1.82, 2.24) is 4.72 Å². The highest BCUT2D eigenvalue weighted by Crippen LogP contribution is 2.30. The van der Waals surface area contributed by atoms with E-state index in [1.807, 2.05) is 0 Å². The molecule has 1 aliphatic rings. The minimum absolute atomic E-state index is 0.136. The van der Waals surface area contributed by atoms with Crippen LogP contribution in [0.25, 0.3) is 0 Å². The molecule has 21 heavy (non-hydrogen) atoms. The van der Waals surface area contributed by atoms with Crippen molar-refractivity contribution in [3.05, 3.63) is 18.2 Å². The van der Waals surface area contributed by atoms with Gasteiger partial charge in [-0.1, -0.05) is 0 Å². The molecule has 0 aliphatic carbocycles. The largest absolute Gasteiger partial charge is 0.482 e. The molecule has 0 spiro atoms. The van der Waals surface area contributed by atoms with Crippen LogP contribution in [-0.4, -0.2) is 37.5 Å². The molecule has 114 valence electrons. The van der Waals surface area contributed by atoms with Gasteiger partial charge in [0, 0.05) is 0 Å². The molecule has 1 aromatic carbocycles. The maximum absolute atomic E-state index is 12.2. The van der Waals surface area contributed by atoms with E-state index in [0.29, 0.717) is 5.75 Å². The fourth-order valence-corrected chi connectivity index (χ4v) is 3.07. The Morgan fingerprint density at radius 1 is 1.43 bits per heavy atom. The van der Waals surface area contributed by atoms with E-state index in [0.717, 1.165) is 0 Å². The second-order valence-electron chi connectivity index (χ2n) is 5.03. The number of fused-ring (bicyclic) bond motifs is 1. The molecule has 0 bridgehead atoms. The lowest BCUT2D eigenvalue weighted by molar-refractivity contribution is -0.142. The zero-order chi connectivity index (χ0) is 15.8. The summed E-state index contributed by atoms with van der Waals surface area (Å²) in [4.78, 5) is 22.1. The Hall–Kier alpha value is -2.13. The van der Waals surface area contributed by atoms with Crippen LogP contribution >= 0.6 is 0 Å². The third-order valence-electron chi connectivity index (χ3n) is 2.82. The Kier molecular flexibility index (Phi) is 3.64. The van der Waals surface area contributed by atoms with Crippen LogP contribution in [0.2, 0.25) is 0 Å². The zero-order valence-electron chi connectivity index (χ0n) is 11.3. The molecule has 1 amide bonds. The first-order chi connectivity index (χ1) is 9.62. The van der Waals surface area contributed by atoms with E-state index in [1.54, 1.807) is 0 Å². The minimum Gasteiger partial charge on any atom is -0.482 e. The predicted molar refractivity (Wildman–Crippen MR) is 72.6 cm³/mol. The lowest BCUT2D eigenvalue weighted by atomic mass is 10.1. The summed E-state index contributed by atoms with van der Waals surface area (Å²) in [5.41, 5.74) is -1.43. The van der Waals surface area contributed by atoms with Gasteiger partial charge in [0.2, 0.25) is 10.0 Å². The number of ether oxygens (including phenoxy) is 1. The number of carbonyl (C=O) groups is 2. The fraction of sp³-hybridized carbons (Fsp3) is 0.333. The second kappa shape index (κ2) is 5.01. The van der Waals surface area contributed by atoms with Gasteiger partial charge in [-0.3, -0.25) is 9.59 Å². The minimum atomic E-state index is -4.05. The number of nitrogens with one attached hydrogen (secondary N) is 2. The summed E-state index contributed by atoms with van der Waals surface area (Å²) >= 11 is 0. The second-order valence-corrected chi connectivity index (χ2v) is 6.71. The number of rotatable bonds is 4. The topological polar surface area (TPSA) is 122 Å². The van der Waals surface area contributed by atoms with Crippen LogP contribution in [-0.2, 0) is 19.6 Å². The number of carboxylic acids is 1. The van der Waals surface area contributed by atoms with Gasteiger partial charge in [0.1, 0.15) is 11.3 Å². The van der Waals surface area contributed by atoms with Gasteiger partial charge in [-0.25, -0.2) is 8.42 Å². The van der Waals surface area contributed by atoms with E-state index < -0.39 is 27.4 Å². The summed E-state index contributed by atoms with van der Waals surface area (Å²) in [5, 5.41) is 11.5. The number of amides is 1. The number of carboxylic acid groups (broad SMARTS) is 1. The normalized spacial score (nSPS) is 14.9. The molecule has 0 saturated heterocycles. The van der Waals surface area contributed by atoms with Gasteiger partial charge in [-0.15, -0.1) is 0 Å². The summed E-state index contributed by atoms with van der Waals surface area (Å²) < 4.78 is 31.6. The molecule has 0 atom stereocenters. The van der Waals surface area contributed by atoms with Gasteiger partial charge < -0.3 is 15.2 Å². The third-order valence-corrected chi connectivity index (χ3v) is 4.47. The molecule has 8 nitrogen and oxygen atoms in total. The van der Waals surface area contributed by atoms with Gasteiger partial charge in [0.25, 0.3) is 5.91 Å². The Morgan fingerprint density at radius 2 is 2.10 bits per heavy atom. The molecule has 0 unspecified atom stereocenters. The van der Waals surface area contributed by atoms with Crippen molar-refractivity contribution in [2.45, 2.75) is 24.3 Å². The van der Waals surface area contributed by atoms with Crippen LogP contribution in [0.15, 0.2) is 23.1 Å². The van der Waals surface area contributed by atoms with Crippen LogP contribution < -0.4 is 14.8 Å². The van der Waals surface area contributed by atoms with Crippen LogP contribution in [0.1, 0.15) is 13.8 Å². The standard InChI is InChI=1S/C12H14N2O6S/c1-12(2,11(16)17)14-21(18,19)7-3-4-9-8(5-7)13-10(15)6-20-9/h3-5,14H,6H2,1-2H3,(H,13,15)(H,16,17). The third kappa shape index (κ3) is 3.14. The quantitative estimate of drug-likeness (QED) is 0.727. The summed E-state index contributed by atoms with van der Waals surface area (Å²) in [7, 11) is -4.05. The number of benzene rings is 1. The number of anilines is 1. The number of hydrogen-bond acceptors (Lipinski definition) is 5. The molecule has 1 aromatic rings. The Labute approximate surface area is 121 Å². The Bertz CT molecular complexity index is 710. The van der Waals surface area contributed by atoms with Gasteiger partial charge in [-0.2, -0.15) is 4.72 Å². The summed E-state index contributed by atoms with van der Waals surface area (Å²) in [6.45, 7) is 2.33. The van der Waals surface area contributed by atoms with Crippen molar-refractivity contribution in [1.29, 1.82) is 0 Å². The lowest BCUT2D eigenvalue weighted by Crippen LogP contribution is -2.49. The average Bonchev–Trinajstić information content (AvgIpc) is 2.36. The molecule has 9 heteroatoms. The lowest BCUT2D eigenvalue weighted by Gasteiger charge is -2.22. The summed E-state index contributed by atoms with van der Waals surface area (Å²) in [5.74, 6) is -1.34. The predicted octanol–water partition coefficient (Wildman–Crippen LogP) is 0.159. The van der Waals surface area contributed by atoms with E-state index >= 15 is 0 Å². The first kappa shape index (κ1) is 15.3. The fourth-order valence-electron chi connectivity index (χ4n) is 1.67. The molecular weight excluding hydrogens is 300 g/mol. The van der Waals surface area contributed by atoms with Gasteiger partial charge in [0.05, 0.1) is 10.6 Å². The molecule has 0 aromatic heterocycles. The highest BCUT2D eigenvalue weighted by atomic mass is 32.2.